The topological polar surface area (TPSA) is 70.1 Å². The molecule has 0 saturated carbocycles. The quantitative estimate of drug-likeness (QED) is 0.677. The van der Waals surface area contributed by atoms with Crippen LogP contribution >= 0.6 is 11.6 Å². The zero-order chi connectivity index (χ0) is 9.30. The van der Waals surface area contributed by atoms with Crippen LogP contribution in [0.3, 0.4) is 0 Å². The molecule has 1 rings (SSSR count). The number of methoxy groups -OCH3 is 1. The fourth-order valence-electron chi connectivity index (χ4n) is 0.798. The normalized spacial score (nSPS) is 9.92. The van der Waals surface area contributed by atoms with E-state index in [0.29, 0.717) is 0 Å². The molecule has 1 heterocycles. The van der Waals surface area contributed by atoms with Crippen molar-refractivity contribution in [3.8, 4) is 5.75 Å². The van der Waals surface area contributed by atoms with Crippen molar-refractivity contribution in [3.63, 3.8) is 0 Å². The number of nitrogen functional groups attached to an aromatic ring is 1. The molecule has 6 heteroatoms. The average Bonchev–Trinajstić information content (AvgIpc) is 2.01. The van der Waals surface area contributed by atoms with Gasteiger partial charge in [-0.2, -0.15) is 0 Å². The smallest absolute Gasteiger partial charge is 0.289 e. The third-order valence-corrected chi connectivity index (χ3v) is 1.71. The Hall–Kier alpha value is -1.23. The molecule has 0 radical (unpaired) electrons. The molecule has 0 aliphatic carbocycles. The van der Waals surface area contributed by atoms with E-state index in [1.165, 1.54) is 14.2 Å². The molecule has 1 aromatic rings. The lowest BCUT2D eigenvalue weighted by Crippen LogP contribution is -2.22. The third kappa shape index (κ3) is 1.23. The first-order valence-electron chi connectivity index (χ1n) is 3.14. The highest BCUT2D eigenvalue weighted by Crippen LogP contribution is 2.24. The molecule has 0 aliphatic heterocycles. The van der Waals surface area contributed by atoms with Crippen molar-refractivity contribution in [2.24, 2.45) is 7.05 Å². The summed E-state index contributed by atoms with van der Waals surface area (Å²) < 4.78 is 5.83. The lowest BCUT2D eigenvalue weighted by atomic mass is 10.5. The monoisotopic (exact) mass is 189 g/mol. The number of halogens is 1. The van der Waals surface area contributed by atoms with Gasteiger partial charge in [-0.3, -0.25) is 4.79 Å². The van der Waals surface area contributed by atoms with Gasteiger partial charge in [-0.25, -0.2) is 4.68 Å². The van der Waals surface area contributed by atoms with Crippen molar-refractivity contribution < 1.29 is 4.74 Å². The van der Waals surface area contributed by atoms with Crippen molar-refractivity contribution >= 4 is 17.4 Å². The first-order chi connectivity index (χ1) is 5.57. The lowest BCUT2D eigenvalue weighted by molar-refractivity contribution is 0.411. The van der Waals surface area contributed by atoms with E-state index in [-0.39, 0.29) is 16.6 Å². The van der Waals surface area contributed by atoms with Gasteiger partial charge in [0.2, 0.25) is 0 Å². The van der Waals surface area contributed by atoms with Crippen molar-refractivity contribution in [3.05, 3.63) is 15.4 Å². The average molecular weight is 190 g/mol. The second kappa shape index (κ2) is 3.02. The fourth-order valence-corrected chi connectivity index (χ4v) is 1.09. The van der Waals surface area contributed by atoms with Crippen LogP contribution in [0, 0.1) is 0 Å². The Balaban J connectivity index is 3.52. The SMILES string of the molecule is COc1c(N)nn(C)c(=O)c1Cl. The van der Waals surface area contributed by atoms with Crippen LogP contribution in [0.4, 0.5) is 5.82 Å². The Bertz CT molecular complexity index is 361. The van der Waals surface area contributed by atoms with E-state index in [1.807, 2.05) is 0 Å². The van der Waals surface area contributed by atoms with E-state index >= 15 is 0 Å². The Kier molecular flexibility index (Phi) is 2.23. The second-order valence-corrected chi connectivity index (χ2v) is 2.54. The van der Waals surface area contributed by atoms with E-state index in [2.05, 4.69) is 5.10 Å². The van der Waals surface area contributed by atoms with Gasteiger partial charge in [0.25, 0.3) is 5.56 Å². The molecule has 0 bridgehead atoms. The van der Waals surface area contributed by atoms with Crippen LogP contribution in [0.2, 0.25) is 5.02 Å². The first-order valence-corrected chi connectivity index (χ1v) is 3.52. The molecule has 1 aromatic heterocycles. The van der Waals surface area contributed by atoms with Gasteiger partial charge in [-0.1, -0.05) is 11.6 Å². The number of nitrogens with zero attached hydrogens (tertiary/aromatic N) is 2. The second-order valence-electron chi connectivity index (χ2n) is 2.16. The zero-order valence-electron chi connectivity index (χ0n) is 6.67. The van der Waals surface area contributed by atoms with Gasteiger partial charge in [-0.15, -0.1) is 5.10 Å². The van der Waals surface area contributed by atoms with Crippen LogP contribution in [-0.2, 0) is 7.05 Å². The molecule has 2 N–H and O–H groups in total. The predicted molar refractivity (Wildman–Crippen MR) is 45.5 cm³/mol. The summed E-state index contributed by atoms with van der Waals surface area (Å²) in [5, 5.41) is 3.63. The maximum Gasteiger partial charge on any atom is 0.289 e. The van der Waals surface area contributed by atoms with E-state index in [9.17, 15) is 4.79 Å². The van der Waals surface area contributed by atoms with Gasteiger partial charge in [-0.05, 0) is 0 Å². The Labute approximate surface area is 73.7 Å². The van der Waals surface area contributed by atoms with Crippen molar-refractivity contribution in [2.45, 2.75) is 0 Å². The molecule has 0 atom stereocenters. The Morgan fingerprint density at radius 2 is 2.25 bits per heavy atom. The van der Waals surface area contributed by atoms with Crippen molar-refractivity contribution in [1.29, 1.82) is 0 Å². The van der Waals surface area contributed by atoms with Gasteiger partial charge >= 0.3 is 0 Å². The van der Waals surface area contributed by atoms with E-state index in [0.717, 1.165) is 4.68 Å². The fraction of sp³-hybridized carbons (Fsp3) is 0.333. The van der Waals surface area contributed by atoms with Crippen LogP contribution < -0.4 is 16.0 Å². The van der Waals surface area contributed by atoms with Gasteiger partial charge in [0.05, 0.1) is 7.11 Å². The number of anilines is 1. The summed E-state index contributed by atoms with van der Waals surface area (Å²) in [7, 11) is 2.84. The summed E-state index contributed by atoms with van der Waals surface area (Å²) in [6.07, 6.45) is 0. The number of aromatic nitrogens is 2. The molecule has 0 unspecified atom stereocenters. The molecular weight excluding hydrogens is 182 g/mol. The Morgan fingerprint density at radius 1 is 1.67 bits per heavy atom. The molecule has 0 aliphatic rings. The van der Waals surface area contributed by atoms with E-state index in [1.54, 1.807) is 0 Å². The molecule has 12 heavy (non-hydrogen) atoms. The van der Waals surface area contributed by atoms with Gasteiger partial charge in [0.1, 0.15) is 0 Å². The van der Waals surface area contributed by atoms with Crippen LogP contribution in [0.1, 0.15) is 0 Å². The lowest BCUT2D eigenvalue weighted by Gasteiger charge is -2.05. The molecule has 5 nitrogen and oxygen atoms in total. The van der Waals surface area contributed by atoms with E-state index in [4.69, 9.17) is 22.1 Å². The minimum absolute atomic E-state index is 0.0486. The number of hydrogen-bond acceptors (Lipinski definition) is 4. The number of hydrogen-bond donors (Lipinski definition) is 1. The summed E-state index contributed by atoms with van der Waals surface area (Å²) in [5.74, 6) is 0.226. The summed E-state index contributed by atoms with van der Waals surface area (Å²) in [6.45, 7) is 0. The van der Waals surface area contributed by atoms with Gasteiger partial charge in [0, 0.05) is 7.05 Å². The number of ether oxygens (including phenoxy) is 1. The number of nitrogens with two attached hydrogens (primary N) is 1. The molecule has 0 amide bonds. The van der Waals surface area contributed by atoms with Crippen molar-refractivity contribution in [2.75, 3.05) is 12.8 Å². The molecule has 66 valence electrons. The highest BCUT2D eigenvalue weighted by atomic mass is 35.5. The highest BCUT2D eigenvalue weighted by molar-refractivity contribution is 6.32. The molecule has 0 aromatic carbocycles. The highest BCUT2D eigenvalue weighted by Gasteiger charge is 2.11. The van der Waals surface area contributed by atoms with Crippen molar-refractivity contribution in [1.82, 2.24) is 9.78 Å². The molecule has 0 fully saturated rings. The largest absolute Gasteiger partial charge is 0.491 e. The molecular formula is C6H8ClN3O2. The summed E-state index contributed by atoms with van der Waals surface area (Å²) >= 11 is 5.63. The summed E-state index contributed by atoms with van der Waals surface area (Å²) in [5.41, 5.74) is 4.99. The number of rotatable bonds is 1. The first kappa shape index (κ1) is 8.86. The maximum atomic E-state index is 11.1. The Morgan fingerprint density at radius 3 is 2.75 bits per heavy atom. The summed E-state index contributed by atoms with van der Waals surface area (Å²) in [4.78, 5) is 11.1. The predicted octanol–water partition coefficient (Wildman–Crippen LogP) is 0.0245. The van der Waals surface area contributed by atoms with Gasteiger partial charge < -0.3 is 10.5 Å². The minimum Gasteiger partial charge on any atom is -0.491 e. The molecule has 0 spiro atoms. The zero-order valence-corrected chi connectivity index (χ0v) is 7.42. The van der Waals surface area contributed by atoms with Gasteiger partial charge in [0.15, 0.2) is 16.6 Å². The van der Waals surface area contributed by atoms with E-state index < -0.39 is 5.56 Å². The van der Waals surface area contributed by atoms with Crippen LogP contribution in [0.25, 0.3) is 0 Å². The van der Waals surface area contributed by atoms with Crippen LogP contribution in [0.5, 0.6) is 5.75 Å². The number of aryl methyl sites for hydroxylation is 1. The summed E-state index contributed by atoms with van der Waals surface area (Å²) in [6, 6.07) is 0. The molecule has 0 saturated heterocycles. The van der Waals surface area contributed by atoms with Crippen LogP contribution in [0.15, 0.2) is 4.79 Å². The maximum absolute atomic E-state index is 11.1. The standard InChI is InChI=1S/C6H8ClN3O2/c1-10-6(11)3(7)4(12-2)5(8)9-10/h1-2H3,(H2,8,9). The van der Waals surface area contributed by atoms with Crippen LogP contribution in [-0.4, -0.2) is 16.9 Å². The minimum atomic E-state index is -0.428. The third-order valence-electron chi connectivity index (χ3n) is 1.38.